The van der Waals surface area contributed by atoms with E-state index in [1.165, 1.54) is 0 Å². The molecule has 2 aromatic rings. The number of anilines is 1. The lowest BCUT2D eigenvalue weighted by molar-refractivity contribution is -0.122. The lowest BCUT2D eigenvalue weighted by Crippen LogP contribution is -2.30. The van der Waals surface area contributed by atoms with Gasteiger partial charge in [0.25, 0.3) is 5.91 Å². The average Bonchev–Trinajstić information content (AvgIpc) is 2.52. The summed E-state index contributed by atoms with van der Waals surface area (Å²) in [5.74, 6) is 0.501. The molecule has 23 heavy (non-hydrogen) atoms. The number of hydrogen-bond acceptors (Lipinski definition) is 3. The van der Waals surface area contributed by atoms with Crippen LogP contribution in [0, 0.1) is 25.2 Å². The minimum absolute atomic E-state index is 0.210. The Morgan fingerprint density at radius 3 is 2.52 bits per heavy atom. The molecule has 0 fully saturated rings. The van der Waals surface area contributed by atoms with Crippen LogP contribution < -0.4 is 10.1 Å². The van der Waals surface area contributed by atoms with Crippen molar-refractivity contribution in [2.75, 3.05) is 5.32 Å². The summed E-state index contributed by atoms with van der Waals surface area (Å²) in [5, 5.41) is 11.5. The van der Waals surface area contributed by atoms with E-state index in [4.69, 9.17) is 10.00 Å². The number of nitriles is 1. The lowest BCUT2D eigenvalue weighted by atomic mass is 10.1. The number of ether oxygens (including phenoxy) is 1. The number of hydrogen-bond donors (Lipinski definition) is 1. The number of nitrogens with zero attached hydrogens (tertiary/aromatic N) is 1. The topological polar surface area (TPSA) is 62.1 Å². The van der Waals surface area contributed by atoms with Crippen LogP contribution in [0.2, 0.25) is 0 Å². The Morgan fingerprint density at radius 1 is 1.22 bits per heavy atom. The molecular weight excluding hydrogens is 288 g/mol. The van der Waals surface area contributed by atoms with E-state index >= 15 is 0 Å². The molecular formula is C19H20N2O2. The number of carbonyl (C=O) groups is 1. The maximum atomic E-state index is 12.2. The largest absolute Gasteiger partial charge is 0.481 e. The third-order valence-electron chi connectivity index (χ3n) is 3.51. The molecule has 2 aromatic carbocycles. The Balaban J connectivity index is 1.98. The van der Waals surface area contributed by atoms with Gasteiger partial charge in [0, 0.05) is 5.69 Å². The zero-order chi connectivity index (χ0) is 16.8. The molecule has 118 valence electrons. The molecule has 4 heteroatoms. The van der Waals surface area contributed by atoms with Crippen molar-refractivity contribution in [3.63, 3.8) is 0 Å². The van der Waals surface area contributed by atoms with Gasteiger partial charge in [0.2, 0.25) is 0 Å². The highest BCUT2D eigenvalue weighted by Gasteiger charge is 2.15. The van der Waals surface area contributed by atoms with Gasteiger partial charge in [-0.25, -0.2) is 0 Å². The van der Waals surface area contributed by atoms with Gasteiger partial charge in [-0.3, -0.25) is 4.79 Å². The first-order chi connectivity index (χ1) is 11.0. The molecule has 0 heterocycles. The molecule has 0 spiro atoms. The molecule has 0 aliphatic rings. The summed E-state index contributed by atoms with van der Waals surface area (Å²) >= 11 is 0. The first-order valence-corrected chi connectivity index (χ1v) is 7.50. The van der Waals surface area contributed by atoms with Crippen molar-refractivity contribution < 1.29 is 9.53 Å². The maximum absolute atomic E-state index is 12.2. The second-order valence-corrected chi connectivity index (χ2v) is 5.55. The molecule has 0 aromatic heterocycles. The summed E-state index contributed by atoms with van der Waals surface area (Å²) < 4.78 is 5.74. The Kier molecular flexibility index (Phi) is 5.37. The first-order valence-electron chi connectivity index (χ1n) is 7.50. The molecule has 0 saturated carbocycles. The van der Waals surface area contributed by atoms with E-state index < -0.39 is 6.10 Å². The van der Waals surface area contributed by atoms with Crippen LogP contribution in [0.3, 0.4) is 0 Å². The summed E-state index contributed by atoms with van der Waals surface area (Å²) in [4.78, 5) is 12.2. The number of benzene rings is 2. The molecule has 0 radical (unpaired) electrons. The predicted octanol–water partition coefficient (Wildman–Crippen LogP) is 3.78. The molecule has 1 amide bonds. The van der Waals surface area contributed by atoms with Crippen LogP contribution in [-0.2, 0) is 11.2 Å². The summed E-state index contributed by atoms with van der Waals surface area (Å²) in [6, 6.07) is 15.2. The standard InChI is InChI=1S/C19H20N2O2/c1-13-4-9-18(14(2)12-13)23-15(3)19(22)21-17-7-5-16(6-8-17)10-11-20/h4-9,12,15H,10H2,1-3H3,(H,21,22)/t15-/m1/s1. The van der Waals surface area contributed by atoms with Crippen molar-refractivity contribution in [3.8, 4) is 11.8 Å². The summed E-state index contributed by atoms with van der Waals surface area (Å²) in [5.41, 5.74) is 3.77. The minimum Gasteiger partial charge on any atom is -0.481 e. The van der Waals surface area contributed by atoms with Crippen LogP contribution in [0.15, 0.2) is 42.5 Å². The number of amides is 1. The maximum Gasteiger partial charge on any atom is 0.265 e. The smallest absolute Gasteiger partial charge is 0.265 e. The molecule has 0 saturated heterocycles. The first kappa shape index (κ1) is 16.6. The van der Waals surface area contributed by atoms with E-state index in [0.29, 0.717) is 17.9 Å². The fourth-order valence-corrected chi connectivity index (χ4v) is 2.22. The fourth-order valence-electron chi connectivity index (χ4n) is 2.22. The quantitative estimate of drug-likeness (QED) is 0.914. The van der Waals surface area contributed by atoms with E-state index in [0.717, 1.165) is 16.7 Å². The van der Waals surface area contributed by atoms with Crippen molar-refractivity contribution in [1.29, 1.82) is 5.26 Å². The Morgan fingerprint density at radius 2 is 1.91 bits per heavy atom. The molecule has 4 nitrogen and oxygen atoms in total. The van der Waals surface area contributed by atoms with Crippen LogP contribution in [-0.4, -0.2) is 12.0 Å². The summed E-state index contributed by atoms with van der Waals surface area (Å²) in [6.07, 6.45) is -0.240. The van der Waals surface area contributed by atoms with Gasteiger partial charge >= 0.3 is 0 Å². The minimum atomic E-state index is -0.602. The fraction of sp³-hybridized carbons (Fsp3) is 0.263. The zero-order valence-corrected chi connectivity index (χ0v) is 13.6. The van der Waals surface area contributed by atoms with Gasteiger partial charge < -0.3 is 10.1 Å². The van der Waals surface area contributed by atoms with Gasteiger partial charge in [-0.15, -0.1) is 0 Å². The predicted molar refractivity (Wildman–Crippen MR) is 90.4 cm³/mol. The molecule has 0 aliphatic carbocycles. The molecule has 2 rings (SSSR count). The second kappa shape index (κ2) is 7.46. The molecule has 0 unspecified atom stereocenters. The molecule has 1 N–H and O–H groups in total. The third kappa shape index (κ3) is 4.58. The molecule has 0 aliphatic heterocycles. The normalized spacial score (nSPS) is 11.4. The van der Waals surface area contributed by atoms with Gasteiger partial charge in [0.1, 0.15) is 5.75 Å². The van der Waals surface area contributed by atoms with Crippen LogP contribution in [0.4, 0.5) is 5.69 Å². The lowest BCUT2D eigenvalue weighted by Gasteiger charge is -2.16. The monoisotopic (exact) mass is 308 g/mol. The van der Waals surface area contributed by atoms with E-state index in [1.807, 2.05) is 44.2 Å². The Hall–Kier alpha value is -2.80. The summed E-state index contributed by atoms with van der Waals surface area (Å²) in [6.45, 7) is 5.70. The summed E-state index contributed by atoms with van der Waals surface area (Å²) in [7, 11) is 0. The molecule has 1 atom stereocenters. The van der Waals surface area contributed by atoms with Crippen LogP contribution >= 0.6 is 0 Å². The highest BCUT2D eigenvalue weighted by molar-refractivity contribution is 5.94. The van der Waals surface area contributed by atoms with E-state index in [9.17, 15) is 4.79 Å². The zero-order valence-electron chi connectivity index (χ0n) is 13.6. The van der Waals surface area contributed by atoms with Gasteiger partial charge in [0.15, 0.2) is 6.10 Å². The van der Waals surface area contributed by atoms with Crippen molar-refractivity contribution in [2.24, 2.45) is 0 Å². The Labute approximate surface area is 136 Å². The van der Waals surface area contributed by atoms with Crippen molar-refractivity contribution in [3.05, 3.63) is 59.2 Å². The van der Waals surface area contributed by atoms with Crippen molar-refractivity contribution in [1.82, 2.24) is 0 Å². The van der Waals surface area contributed by atoms with Crippen molar-refractivity contribution in [2.45, 2.75) is 33.3 Å². The average molecular weight is 308 g/mol. The van der Waals surface area contributed by atoms with Gasteiger partial charge in [-0.2, -0.15) is 5.26 Å². The van der Waals surface area contributed by atoms with E-state index in [-0.39, 0.29) is 5.91 Å². The van der Waals surface area contributed by atoms with Crippen molar-refractivity contribution >= 4 is 11.6 Å². The van der Waals surface area contributed by atoms with Gasteiger partial charge in [0.05, 0.1) is 12.5 Å². The number of aryl methyl sites for hydroxylation is 2. The number of nitrogens with one attached hydrogen (secondary N) is 1. The highest BCUT2D eigenvalue weighted by atomic mass is 16.5. The van der Waals surface area contributed by atoms with E-state index in [1.54, 1.807) is 19.1 Å². The molecule has 0 bridgehead atoms. The number of carbonyl (C=O) groups excluding carboxylic acids is 1. The number of rotatable bonds is 5. The second-order valence-electron chi connectivity index (χ2n) is 5.55. The van der Waals surface area contributed by atoms with Gasteiger partial charge in [-0.1, -0.05) is 29.8 Å². The highest BCUT2D eigenvalue weighted by Crippen LogP contribution is 2.20. The van der Waals surface area contributed by atoms with Gasteiger partial charge in [-0.05, 0) is 50.1 Å². The van der Waals surface area contributed by atoms with Crippen LogP contribution in [0.1, 0.15) is 23.6 Å². The van der Waals surface area contributed by atoms with E-state index in [2.05, 4.69) is 11.4 Å². The third-order valence-corrected chi connectivity index (χ3v) is 3.51. The Bertz CT molecular complexity index is 730. The van der Waals surface area contributed by atoms with Crippen LogP contribution in [0.5, 0.6) is 5.75 Å². The van der Waals surface area contributed by atoms with Crippen LogP contribution in [0.25, 0.3) is 0 Å². The SMILES string of the molecule is Cc1ccc(O[C@H](C)C(=O)Nc2ccc(CC#N)cc2)c(C)c1.